The predicted molar refractivity (Wildman–Crippen MR) is 172 cm³/mol. The summed E-state index contributed by atoms with van der Waals surface area (Å²) < 4.78 is 11.8. The Morgan fingerprint density at radius 3 is 2.66 bits per heavy atom. The van der Waals surface area contributed by atoms with E-state index in [2.05, 4.69) is 20.8 Å². The van der Waals surface area contributed by atoms with Gasteiger partial charge in [0.1, 0.15) is 23.5 Å². The minimum atomic E-state index is -0.781. The first kappa shape index (κ1) is 33.9. The maximum absolute atomic E-state index is 13.7. The smallest absolute Gasteiger partial charge is 0.243 e. The second kappa shape index (κ2) is 15.3. The first-order valence-electron chi connectivity index (χ1n) is 15.3. The van der Waals surface area contributed by atoms with Crippen molar-refractivity contribution in [1.82, 2.24) is 25.7 Å². The van der Waals surface area contributed by atoms with Crippen LogP contribution in [0.2, 0.25) is 0 Å². The number of ether oxygens (including phenoxy) is 1. The summed E-state index contributed by atoms with van der Waals surface area (Å²) in [4.78, 5) is 34.3. The normalized spacial score (nSPS) is 19.5. The largest absolute Gasteiger partial charge is 0.493 e. The molecule has 2 aromatic heterocycles. The van der Waals surface area contributed by atoms with Crippen LogP contribution in [0.4, 0.5) is 0 Å². The Kier molecular flexibility index (Phi) is 11.8. The van der Waals surface area contributed by atoms with Crippen LogP contribution in [0.1, 0.15) is 68.2 Å². The molecule has 2 aliphatic rings. The number of benzene rings is 1. The Bertz CT molecular complexity index is 1410. The van der Waals surface area contributed by atoms with Crippen LogP contribution in [0, 0.1) is 25.7 Å². The van der Waals surface area contributed by atoms with Gasteiger partial charge in [0.25, 0.3) is 0 Å². The molecule has 3 aromatic rings. The number of piperidine rings is 1. The van der Waals surface area contributed by atoms with Crippen molar-refractivity contribution in [1.29, 1.82) is 0 Å². The Labute approximate surface area is 269 Å². The SMILES string of the molecule is Cc1cc(C(C(=O)N2C[C@H](O)C[C@@H]2C(=O)NCc2ccc(-c3scnc3C)cc2OCCC2CCNCC2)C(C)C)on1.Cl. The highest BCUT2D eigenvalue weighted by Crippen LogP contribution is 2.33. The zero-order valence-electron chi connectivity index (χ0n) is 25.9. The first-order chi connectivity index (χ1) is 20.7. The fourth-order valence-electron chi connectivity index (χ4n) is 6.11. The number of hydrogen-bond donors (Lipinski definition) is 3. The number of β-amino-alcohol motifs (C(OH)–C–C–N with tert-alkyl or cyclic N) is 1. The Hall–Kier alpha value is -2.99. The number of thiazole rings is 1. The molecule has 3 atom stereocenters. The summed E-state index contributed by atoms with van der Waals surface area (Å²) in [6, 6.07) is 7.03. The lowest BCUT2D eigenvalue weighted by Gasteiger charge is -2.28. The fourth-order valence-corrected chi connectivity index (χ4v) is 6.91. The summed E-state index contributed by atoms with van der Waals surface area (Å²) in [6.07, 6.45) is 2.70. The number of amides is 2. The van der Waals surface area contributed by atoms with Crippen LogP contribution < -0.4 is 15.4 Å². The lowest BCUT2D eigenvalue weighted by Crippen LogP contribution is -2.48. The standard InChI is InChI=1S/C32H43N5O5S.ClH/c1-19(2)29(28-13-20(3)36-42-28)32(40)37-17-25(38)15-26(37)31(39)34-16-24-6-5-23(30-21(4)35-18-43-30)14-27(24)41-12-9-22-7-10-33-11-8-22;/h5-6,13-14,18-19,22,25-26,29,33,38H,7-12,15-17H2,1-4H3,(H,34,39);1H/t25-,26-,29?;/m1./s1. The van der Waals surface area contributed by atoms with Crippen molar-refractivity contribution in [3.05, 3.63) is 52.5 Å². The number of likely N-dealkylation sites (tertiary alicyclic amines) is 1. The van der Waals surface area contributed by atoms with Crippen LogP contribution in [0.3, 0.4) is 0 Å². The Balaban J connectivity index is 0.00000442. The number of aryl methyl sites for hydroxylation is 2. The van der Waals surface area contributed by atoms with E-state index in [4.69, 9.17) is 9.26 Å². The highest BCUT2D eigenvalue weighted by molar-refractivity contribution is 7.13. The first-order valence-corrected chi connectivity index (χ1v) is 16.2. The summed E-state index contributed by atoms with van der Waals surface area (Å²) in [5.41, 5.74) is 5.39. The molecule has 0 radical (unpaired) electrons. The van der Waals surface area contributed by atoms with Gasteiger partial charge in [-0.05, 0) is 69.7 Å². The number of aliphatic hydroxyl groups is 1. The molecule has 44 heavy (non-hydrogen) atoms. The second-order valence-electron chi connectivity index (χ2n) is 12.1. The molecule has 4 heterocycles. The zero-order chi connectivity index (χ0) is 30.5. The van der Waals surface area contributed by atoms with Crippen LogP contribution in [0.5, 0.6) is 5.75 Å². The van der Waals surface area contributed by atoms with Gasteiger partial charge in [-0.1, -0.05) is 31.1 Å². The molecular weight excluding hydrogens is 602 g/mol. The topological polar surface area (TPSA) is 130 Å². The van der Waals surface area contributed by atoms with Gasteiger partial charge >= 0.3 is 0 Å². The molecule has 0 saturated carbocycles. The van der Waals surface area contributed by atoms with Crippen LogP contribution >= 0.6 is 23.7 Å². The van der Waals surface area contributed by atoms with E-state index < -0.39 is 18.1 Å². The number of nitrogens with zero attached hydrogens (tertiary/aromatic N) is 3. The third-order valence-corrected chi connectivity index (χ3v) is 9.50. The zero-order valence-corrected chi connectivity index (χ0v) is 27.5. The van der Waals surface area contributed by atoms with Crippen LogP contribution in [-0.4, -0.2) is 70.3 Å². The molecule has 0 bridgehead atoms. The van der Waals surface area contributed by atoms with E-state index in [0.29, 0.717) is 24.0 Å². The van der Waals surface area contributed by atoms with E-state index in [-0.39, 0.29) is 49.6 Å². The van der Waals surface area contributed by atoms with Gasteiger partial charge in [0.2, 0.25) is 11.8 Å². The predicted octanol–water partition coefficient (Wildman–Crippen LogP) is 4.62. The van der Waals surface area contributed by atoms with E-state index in [1.807, 2.05) is 44.5 Å². The third kappa shape index (κ3) is 7.99. The third-order valence-electron chi connectivity index (χ3n) is 8.52. The van der Waals surface area contributed by atoms with Gasteiger partial charge in [-0.15, -0.1) is 23.7 Å². The molecule has 12 heteroatoms. The number of carbonyl (C=O) groups excluding carboxylic acids is 2. The molecule has 1 unspecified atom stereocenters. The maximum Gasteiger partial charge on any atom is 0.243 e. The van der Waals surface area contributed by atoms with Crippen molar-refractivity contribution in [2.75, 3.05) is 26.2 Å². The Morgan fingerprint density at radius 1 is 1.23 bits per heavy atom. The van der Waals surface area contributed by atoms with Crippen molar-refractivity contribution >= 4 is 35.6 Å². The molecule has 2 amide bonds. The van der Waals surface area contributed by atoms with Gasteiger partial charge in [0.15, 0.2) is 0 Å². The number of carbonyl (C=O) groups is 2. The number of halogens is 1. The number of nitrogens with one attached hydrogen (secondary N) is 2. The summed E-state index contributed by atoms with van der Waals surface area (Å²) in [5, 5.41) is 20.9. The highest BCUT2D eigenvalue weighted by Gasteiger charge is 2.43. The van der Waals surface area contributed by atoms with Gasteiger partial charge in [-0.2, -0.15) is 0 Å². The van der Waals surface area contributed by atoms with Crippen molar-refractivity contribution in [3.8, 4) is 16.2 Å². The van der Waals surface area contributed by atoms with Crippen molar-refractivity contribution in [2.45, 2.75) is 78.0 Å². The number of aromatic nitrogens is 2. The van der Waals surface area contributed by atoms with Crippen LogP contribution in [0.25, 0.3) is 10.4 Å². The second-order valence-corrected chi connectivity index (χ2v) is 13.0. The number of aliphatic hydroxyl groups excluding tert-OH is 1. The van der Waals surface area contributed by atoms with Gasteiger partial charge in [-0.25, -0.2) is 4.98 Å². The minimum Gasteiger partial charge on any atom is -0.493 e. The average Bonchev–Trinajstić information content (AvgIpc) is 3.72. The van der Waals surface area contributed by atoms with Crippen molar-refractivity contribution < 1.29 is 24.0 Å². The van der Waals surface area contributed by atoms with Gasteiger partial charge in [0.05, 0.1) is 34.5 Å². The Morgan fingerprint density at radius 2 is 2.00 bits per heavy atom. The quantitative estimate of drug-likeness (QED) is 0.275. The molecule has 5 rings (SSSR count). The van der Waals surface area contributed by atoms with Crippen molar-refractivity contribution in [2.24, 2.45) is 11.8 Å². The lowest BCUT2D eigenvalue weighted by atomic mass is 9.91. The molecule has 10 nitrogen and oxygen atoms in total. The van der Waals surface area contributed by atoms with Gasteiger partial charge < -0.3 is 29.9 Å². The van der Waals surface area contributed by atoms with E-state index >= 15 is 0 Å². The molecule has 1 aromatic carbocycles. The van der Waals surface area contributed by atoms with Crippen LogP contribution in [-0.2, 0) is 16.1 Å². The monoisotopic (exact) mass is 645 g/mol. The lowest BCUT2D eigenvalue weighted by molar-refractivity contribution is -0.141. The molecule has 2 fully saturated rings. The number of hydrogen-bond acceptors (Lipinski definition) is 9. The van der Waals surface area contributed by atoms with E-state index in [0.717, 1.165) is 59.8 Å². The highest BCUT2D eigenvalue weighted by atomic mass is 35.5. The minimum absolute atomic E-state index is 0. The van der Waals surface area contributed by atoms with E-state index in [9.17, 15) is 14.7 Å². The average molecular weight is 646 g/mol. The molecule has 0 aliphatic carbocycles. The molecule has 2 aliphatic heterocycles. The van der Waals surface area contributed by atoms with Gasteiger partial charge in [-0.3, -0.25) is 9.59 Å². The number of rotatable bonds is 11. The maximum atomic E-state index is 13.7. The summed E-state index contributed by atoms with van der Waals surface area (Å²) in [6.45, 7) is 10.7. The molecule has 240 valence electrons. The summed E-state index contributed by atoms with van der Waals surface area (Å²) >= 11 is 1.59. The fraction of sp³-hybridized carbons (Fsp3) is 0.562. The van der Waals surface area contributed by atoms with E-state index in [1.54, 1.807) is 24.3 Å². The van der Waals surface area contributed by atoms with E-state index in [1.165, 1.54) is 4.90 Å². The molecular formula is C32H44ClN5O5S. The summed E-state index contributed by atoms with van der Waals surface area (Å²) in [7, 11) is 0. The molecule has 2 saturated heterocycles. The molecule has 3 N–H and O–H groups in total. The molecule has 0 spiro atoms. The summed E-state index contributed by atoms with van der Waals surface area (Å²) in [5.74, 6) is 0.638. The van der Waals surface area contributed by atoms with Crippen molar-refractivity contribution in [3.63, 3.8) is 0 Å². The van der Waals surface area contributed by atoms with Crippen LogP contribution in [0.15, 0.2) is 34.3 Å². The van der Waals surface area contributed by atoms with Gasteiger partial charge in [0, 0.05) is 31.1 Å².